The molecule has 1 atom stereocenters. The molecule has 0 saturated heterocycles. The number of amides is 1. The smallest absolute Gasteiger partial charge is 0.230 e. The van der Waals surface area contributed by atoms with Crippen molar-refractivity contribution in [3.8, 4) is 0 Å². The molecule has 2 rings (SSSR count). The third kappa shape index (κ3) is 5.49. The van der Waals surface area contributed by atoms with E-state index < -0.39 is 0 Å². The quantitative estimate of drug-likeness (QED) is 0.722. The van der Waals surface area contributed by atoms with E-state index in [4.69, 9.17) is 4.74 Å². The van der Waals surface area contributed by atoms with Crippen molar-refractivity contribution < 1.29 is 9.53 Å². The van der Waals surface area contributed by atoms with Gasteiger partial charge < -0.3 is 10.1 Å². The van der Waals surface area contributed by atoms with Crippen molar-refractivity contribution in [3.63, 3.8) is 0 Å². The molecule has 8 heteroatoms. The first kappa shape index (κ1) is 16.0. The Hall–Kier alpha value is -1.38. The highest BCUT2D eigenvalue weighted by Crippen LogP contribution is 2.16. The predicted octanol–water partition coefficient (Wildman–Crippen LogP) is 1.70. The number of carbonyl (C=O) groups is 1. The van der Waals surface area contributed by atoms with Gasteiger partial charge in [-0.25, -0.2) is 4.98 Å². The van der Waals surface area contributed by atoms with Gasteiger partial charge in [-0.05, 0) is 18.4 Å². The summed E-state index contributed by atoms with van der Waals surface area (Å²) in [7, 11) is 1.61. The number of nitrogens with zero attached hydrogens (tertiary/aromatic N) is 2. The van der Waals surface area contributed by atoms with E-state index in [9.17, 15) is 4.79 Å². The average molecular weight is 326 g/mol. The number of rotatable bonds is 8. The van der Waals surface area contributed by atoms with Crippen molar-refractivity contribution in [1.82, 2.24) is 20.5 Å². The van der Waals surface area contributed by atoms with Crippen LogP contribution in [0.1, 0.15) is 17.6 Å². The van der Waals surface area contributed by atoms with Crippen molar-refractivity contribution in [2.75, 3.05) is 19.5 Å². The summed E-state index contributed by atoms with van der Waals surface area (Å²) in [5.74, 6) is 1.06. The minimum atomic E-state index is -0.0471. The van der Waals surface area contributed by atoms with E-state index in [0.717, 1.165) is 12.2 Å². The Morgan fingerprint density at radius 3 is 3.19 bits per heavy atom. The molecule has 0 saturated carbocycles. The highest BCUT2D eigenvalue weighted by atomic mass is 32.2. The SMILES string of the molecule is COCC(C)NC(=O)CSc1n[nH]c(Cc2cccs2)n1. The number of aromatic amines is 1. The molecule has 0 aromatic carbocycles. The molecule has 21 heavy (non-hydrogen) atoms. The standard InChI is InChI=1S/C13H18N4O2S2/c1-9(7-19-2)14-12(18)8-21-13-15-11(16-17-13)6-10-4-3-5-20-10/h3-5,9H,6-8H2,1-2H3,(H,14,18)(H,15,16,17). The molecule has 1 unspecified atom stereocenters. The Kier molecular flexibility index (Phi) is 6.21. The topological polar surface area (TPSA) is 79.9 Å². The Morgan fingerprint density at radius 1 is 1.62 bits per heavy atom. The zero-order valence-electron chi connectivity index (χ0n) is 12.0. The van der Waals surface area contributed by atoms with Crippen molar-refractivity contribution in [2.45, 2.75) is 24.5 Å². The van der Waals surface area contributed by atoms with Crippen molar-refractivity contribution in [2.24, 2.45) is 0 Å². The van der Waals surface area contributed by atoms with Gasteiger partial charge >= 0.3 is 0 Å². The first-order valence-corrected chi connectivity index (χ1v) is 8.38. The second kappa shape index (κ2) is 8.16. The highest BCUT2D eigenvalue weighted by molar-refractivity contribution is 7.99. The molecule has 1 amide bonds. The molecule has 0 bridgehead atoms. The number of hydrogen-bond acceptors (Lipinski definition) is 6. The molecule has 2 aromatic heterocycles. The van der Waals surface area contributed by atoms with E-state index in [0.29, 0.717) is 17.5 Å². The van der Waals surface area contributed by atoms with Crippen LogP contribution in [0.3, 0.4) is 0 Å². The molecule has 114 valence electrons. The molecule has 0 aliphatic heterocycles. The molecule has 0 aliphatic rings. The molecule has 6 nitrogen and oxygen atoms in total. The number of hydrogen-bond donors (Lipinski definition) is 2. The lowest BCUT2D eigenvalue weighted by molar-refractivity contribution is -0.119. The fourth-order valence-corrected chi connectivity index (χ4v) is 3.08. The van der Waals surface area contributed by atoms with Gasteiger partial charge in [0.1, 0.15) is 5.82 Å². The molecule has 2 N–H and O–H groups in total. The van der Waals surface area contributed by atoms with E-state index in [1.807, 2.05) is 18.4 Å². The van der Waals surface area contributed by atoms with Crippen LogP contribution < -0.4 is 5.32 Å². The van der Waals surface area contributed by atoms with Gasteiger partial charge in [0, 0.05) is 24.4 Å². The summed E-state index contributed by atoms with van der Waals surface area (Å²) in [4.78, 5) is 17.3. The lowest BCUT2D eigenvalue weighted by Crippen LogP contribution is -2.36. The number of ether oxygens (including phenoxy) is 1. The molecule has 2 aromatic rings. The Labute approximate surface area is 131 Å². The zero-order chi connectivity index (χ0) is 15.1. The van der Waals surface area contributed by atoms with Crippen LogP contribution in [0.4, 0.5) is 0 Å². The molecular weight excluding hydrogens is 308 g/mol. The van der Waals surface area contributed by atoms with Crippen molar-refractivity contribution >= 4 is 29.0 Å². The van der Waals surface area contributed by atoms with Gasteiger partial charge in [-0.2, -0.15) is 0 Å². The van der Waals surface area contributed by atoms with Gasteiger partial charge in [0.25, 0.3) is 0 Å². The third-order valence-electron chi connectivity index (χ3n) is 2.59. The minimum Gasteiger partial charge on any atom is -0.383 e. The summed E-state index contributed by atoms with van der Waals surface area (Å²) in [5, 5.41) is 12.5. The number of carbonyl (C=O) groups excluding carboxylic acids is 1. The van der Waals surface area contributed by atoms with E-state index in [1.165, 1.54) is 16.6 Å². The lowest BCUT2D eigenvalue weighted by atomic mass is 10.3. The maximum atomic E-state index is 11.7. The predicted molar refractivity (Wildman–Crippen MR) is 83.7 cm³/mol. The second-order valence-corrected chi connectivity index (χ2v) is 6.51. The Balaban J connectivity index is 1.76. The molecule has 0 radical (unpaired) electrons. The first-order valence-electron chi connectivity index (χ1n) is 6.52. The monoisotopic (exact) mass is 326 g/mol. The van der Waals surface area contributed by atoms with Gasteiger partial charge in [-0.15, -0.1) is 16.4 Å². The number of thiophene rings is 1. The number of methoxy groups -OCH3 is 1. The van der Waals surface area contributed by atoms with E-state index >= 15 is 0 Å². The second-order valence-electron chi connectivity index (χ2n) is 4.53. The van der Waals surface area contributed by atoms with Crippen molar-refractivity contribution in [3.05, 3.63) is 28.2 Å². The number of thioether (sulfide) groups is 1. The van der Waals surface area contributed by atoms with Crippen LogP contribution in [-0.4, -0.2) is 46.6 Å². The fourth-order valence-electron chi connectivity index (χ4n) is 1.74. The Morgan fingerprint density at radius 2 is 2.48 bits per heavy atom. The van der Waals surface area contributed by atoms with Crippen LogP contribution in [0.2, 0.25) is 0 Å². The molecule has 0 spiro atoms. The van der Waals surface area contributed by atoms with Crippen LogP contribution in [0, 0.1) is 0 Å². The van der Waals surface area contributed by atoms with E-state index in [-0.39, 0.29) is 11.9 Å². The number of nitrogens with one attached hydrogen (secondary N) is 2. The van der Waals surface area contributed by atoms with Crippen LogP contribution in [0.25, 0.3) is 0 Å². The summed E-state index contributed by atoms with van der Waals surface area (Å²) < 4.78 is 4.97. The van der Waals surface area contributed by atoms with Crippen LogP contribution >= 0.6 is 23.1 Å². The van der Waals surface area contributed by atoms with Gasteiger partial charge in [0.05, 0.1) is 12.4 Å². The maximum Gasteiger partial charge on any atom is 0.230 e. The number of aromatic nitrogens is 3. The van der Waals surface area contributed by atoms with E-state index in [1.54, 1.807) is 18.4 Å². The number of H-pyrrole nitrogens is 1. The van der Waals surface area contributed by atoms with E-state index in [2.05, 4.69) is 26.6 Å². The third-order valence-corrected chi connectivity index (χ3v) is 4.31. The molecule has 2 heterocycles. The molecule has 0 fully saturated rings. The first-order chi connectivity index (χ1) is 10.2. The fraction of sp³-hybridized carbons (Fsp3) is 0.462. The normalized spacial score (nSPS) is 12.3. The zero-order valence-corrected chi connectivity index (χ0v) is 13.6. The summed E-state index contributed by atoms with van der Waals surface area (Å²) in [6.45, 7) is 2.40. The highest BCUT2D eigenvalue weighted by Gasteiger charge is 2.10. The lowest BCUT2D eigenvalue weighted by Gasteiger charge is -2.11. The summed E-state index contributed by atoms with van der Waals surface area (Å²) in [5.41, 5.74) is 0. The summed E-state index contributed by atoms with van der Waals surface area (Å²) in [6, 6.07) is 4.08. The van der Waals surface area contributed by atoms with Crippen molar-refractivity contribution in [1.29, 1.82) is 0 Å². The van der Waals surface area contributed by atoms with Gasteiger partial charge in [0.2, 0.25) is 11.1 Å². The van der Waals surface area contributed by atoms with Gasteiger partial charge in [-0.1, -0.05) is 17.8 Å². The maximum absolute atomic E-state index is 11.7. The average Bonchev–Trinajstić information content (AvgIpc) is 3.09. The van der Waals surface area contributed by atoms with Crippen LogP contribution in [0.5, 0.6) is 0 Å². The van der Waals surface area contributed by atoms with Gasteiger partial charge in [-0.3, -0.25) is 9.89 Å². The van der Waals surface area contributed by atoms with Crippen LogP contribution in [0.15, 0.2) is 22.7 Å². The van der Waals surface area contributed by atoms with Gasteiger partial charge in [0.15, 0.2) is 0 Å². The summed E-state index contributed by atoms with van der Waals surface area (Å²) in [6.07, 6.45) is 0.738. The Bertz CT molecular complexity index is 556. The molecular formula is C13H18N4O2S2. The summed E-state index contributed by atoms with van der Waals surface area (Å²) >= 11 is 3.01. The van der Waals surface area contributed by atoms with Crippen LogP contribution in [-0.2, 0) is 16.0 Å². The minimum absolute atomic E-state index is 0.00429. The molecule has 0 aliphatic carbocycles. The largest absolute Gasteiger partial charge is 0.383 e.